The Labute approximate surface area is 120 Å². The van der Waals surface area contributed by atoms with Gasteiger partial charge >= 0.3 is 0 Å². The summed E-state index contributed by atoms with van der Waals surface area (Å²) < 4.78 is 5.45. The molecule has 1 heterocycles. The second-order valence-corrected chi connectivity index (χ2v) is 5.89. The molecule has 0 unspecified atom stereocenters. The minimum atomic E-state index is -0.0157. The van der Waals surface area contributed by atoms with Crippen molar-refractivity contribution in [3.8, 4) is 17.0 Å². The van der Waals surface area contributed by atoms with Crippen molar-refractivity contribution in [3.63, 3.8) is 0 Å². The minimum absolute atomic E-state index is 0.0157. The summed E-state index contributed by atoms with van der Waals surface area (Å²) in [6, 6.07) is 6.04. The maximum Gasteiger partial charge on any atom is 0.122 e. The molecule has 0 saturated carbocycles. The highest BCUT2D eigenvalue weighted by Gasteiger charge is 2.20. The van der Waals surface area contributed by atoms with Gasteiger partial charge in [0.1, 0.15) is 12.1 Å². The Bertz CT molecular complexity index is 630. The third kappa shape index (κ3) is 2.59. The highest BCUT2D eigenvalue weighted by Crippen LogP contribution is 2.35. The monoisotopic (exact) mass is 271 g/mol. The number of nitrogens with zero attached hydrogens (tertiary/aromatic N) is 2. The number of nitrogens with two attached hydrogens (primary N) is 1. The first-order valence-electron chi connectivity index (χ1n) is 6.60. The molecular formula is C16H21N3O. The molecule has 0 fully saturated rings. The van der Waals surface area contributed by atoms with E-state index in [4.69, 9.17) is 10.5 Å². The summed E-state index contributed by atoms with van der Waals surface area (Å²) in [6.45, 7) is 8.35. The van der Waals surface area contributed by atoms with Crippen LogP contribution in [-0.2, 0) is 5.41 Å². The van der Waals surface area contributed by atoms with Crippen LogP contribution >= 0.6 is 0 Å². The van der Waals surface area contributed by atoms with Crippen LogP contribution in [0.5, 0.6) is 5.75 Å². The van der Waals surface area contributed by atoms with Crippen molar-refractivity contribution in [1.29, 1.82) is 0 Å². The third-order valence-electron chi connectivity index (χ3n) is 3.36. The van der Waals surface area contributed by atoms with Crippen LogP contribution in [0.3, 0.4) is 0 Å². The molecule has 0 aliphatic carbocycles. The van der Waals surface area contributed by atoms with Gasteiger partial charge in [0.05, 0.1) is 24.2 Å². The lowest BCUT2D eigenvalue weighted by atomic mass is 9.85. The molecule has 2 aromatic rings. The fourth-order valence-corrected chi connectivity index (χ4v) is 2.16. The maximum absolute atomic E-state index is 6.09. The van der Waals surface area contributed by atoms with Crippen molar-refractivity contribution in [2.24, 2.45) is 0 Å². The van der Waals surface area contributed by atoms with Crippen molar-refractivity contribution in [2.45, 2.75) is 33.1 Å². The van der Waals surface area contributed by atoms with Gasteiger partial charge < -0.3 is 10.5 Å². The van der Waals surface area contributed by atoms with Gasteiger partial charge in [-0.05, 0) is 30.5 Å². The molecule has 4 nitrogen and oxygen atoms in total. The number of anilines is 1. The molecule has 0 aliphatic rings. The molecule has 20 heavy (non-hydrogen) atoms. The Balaban J connectivity index is 2.62. The van der Waals surface area contributed by atoms with Crippen molar-refractivity contribution in [2.75, 3.05) is 12.8 Å². The quantitative estimate of drug-likeness (QED) is 0.910. The molecule has 1 aromatic heterocycles. The average Bonchev–Trinajstić information content (AvgIpc) is 2.40. The fourth-order valence-electron chi connectivity index (χ4n) is 2.16. The number of rotatable bonds is 2. The third-order valence-corrected chi connectivity index (χ3v) is 3.36. The van der Waals surface area contributed by atoms with E-state index in [1.165, 1.54) is 0 Å². The predicted octanol–water partition coefficient (Wildman–Crippen LogP) is 3.34. The van der Waals surface area contributed by atoms with E-state index in [0.717, 1.165) is 28.3 Å². The van der Waals surface area contributed by atoms with E-state index in [2.05, 4.69) is 36.8 Å². The Hall–Kier alpha value is -2.10. The molecular weight excluding hydrogens is 250 g/mol. The normalized spacial score (nSPS) is 11.4. The highest BCUT2D eigenvalue weighted by molar-refractivity contribution is 5.74. The summed E-state index contributed by atoms with van der Waals surface area (Å²) in [7, 11) is 1.69. The van der Waals surface area contributed by atoms with E-state index < -0.39 is 0 Å². The fraction of sp³-hybridized carbons (Fsp3) is 0.375. The molecule has 4 heteroatoms. The van der Waals surface area contributed by atoms with Crippen molar-refractivity contribution in [1.82, 2.24) is 9.97 Å². The zero-order valence-electron chi connectivity index (χ0n) is 12.7. The predicted molar refractivity (Wildman–Crippen MR) is 81.9 cm³/mol. The lowest BCUT2D eigenvalue weighted by Crippen LogP contribution is -2.13. The van der Waals surface area contributed by atoms with E-state index in [-0.39, 0.29) is 5.41 Å². The van der Waals surface area contributed by atoms with Crippen LogP contribution in [0.15, 0.2) is 24.5 Å². The molecule has 2 N–H and O–H groups in total. The van der Waals surface area contributed by atoms with E-state index >= 15 is 0 Å². The highest BCUT2D eigenvalue weighted by atomic mass is 16.5. The number of ether oxygens (including phenoxy) is 1. The van der Waals surface area contributed by atoms with Crippen LogP contribution < -0.4 is 10.5 Å². The topological polar surface area (TPSA) is 61.0 Å². The van der Waals surface area contributed by atoms with Gasteiger partial charge in [0, 0.05) is 11.1 Å². The van der Waals surface area contributed by atoms with Crippen molar-refractivity contribution in [3.05, 3.63) is 35.8 Å². The van der Waals surface area contributed by atoms with Crippen molar-refractivity contribution >= 4 is 5.69 Å². The van der Waals surface area contributed by atoms with Crippen LogP contribution in [0.1, 0.15) is 32.0 Å². The molecule has 0 aliphatic heterocycles. The smallest absolute Gasteiger partial charge is 0.122 e. The zero-order chi connectivity index (χ0) is 14.9. The summed E-state index contributed by atoms with van der Waals surface area (Å²) in [5.41, 5.74) is 10.4. The Morgan fingerprint density at radius 1 is 1.15 bits per heavy atom. The maximum atomic E-state index is 6.09. The largest absolute Gasteiger partial charge is 0.496 e. The molecule has 106 valence electrons. The molecule has 0 amide bonds. The van der Waals surface area contributed by atoms with Gasteiger partial charge in [-0.25, -0.2) is 9.97 Å². The molecule has 0 bridgehead atoms. The standard InChI is InChI=1S/C16H21N3O/c1-10-14(17)15(19-9-18-10)11-6-7-13(20-5)12(8-11)16(2,3)4/h6-9H,17H2,1-5H3. The summed E-state index contributed by atoms with van der Waals surface area (Å²) >= 11 is 0. The van der Waals surface area contributed by atoms with E-state index in [0.29, 0.717) is 5.69 Å². The number of methoxy groups -OCH3 is 1. The summed E-state index contributed by atoms with van der Waals surface area (Å²) in [5.74, 6) is 0.880. The van der Waals surface area contributed by atoms with Crippen LogP contribution in [-0.4, -0.2) is 17.1 Å². The van der Waals surface area contributed by atoms with E-state index in [1.54, 1.807) is 13.4 Å². The zero-order valence-corrected chi connectivity index (χ0v) is 12.7. The number of hydrogen-bond acceptors (Lipinski definition) is 4. The molecule has 2 rings (SSSR count). The van der Waals surface area contributed by atoms with Gasteiger partial charge in [0.2, 0.25) is 0 Å². The first-order valence-corrected chi connectivity index (χ1v) is 6.60. The summed E-state index contributed by atoms with van der Waals surface area (Å²) in [5, 5.41) is 0. The van der Waals surface area contributed by atoms with E-state index in [9.17, 15) is 0 Å². The van der Waals surface area contributed by atoms with Gasteiger partial charge in [0.15, 0.2) is 0 Å². The van der Waals surface area contributed by atoms with Gasteiger partial charge in [-0.1, -0.05) is 20.8 Å². The minimum Gasteiger partial charge on any atom is -0.496 e. The van der Waals surface area contributed by atoms with Crippen LogP contribution in [0.25, 0.3) is 11.3 Å². The van der Waals surface area contributed by atoms with Crippen molar-refractivity contribution < 1.29 is 4.74 Å². The number of benzene rings is 1. The molecule has 0 radical (unpaired) electrons. The van der Waals surface area contributed by atoms with Crippen LogP contribution in [0.2, 0.25) is 0 Å². The second kappa shape index (κ2) is 5.12. The lowest BCUT2D eigenvalue weighted by molar-refractivity contribution is 0.397. The number of aromatic nitrogens is 2. The number of aryl methyl sites for hydroxylation is 1. The van der Waals surface area contributed by atoms with Gasteiger partial charge in [0.25, 0.3) is 0 Å². The van der Waals surface area contributed by atoms with Gasteiger partial charge in [-0.2, -0.15) is 0 Å². The summed E-state index contributed by atoms with van der Waals surface area (Å²) in [4.78, 5) is 8.42. The Morgan fingerprint density at radius 2 is 1.85 bits per heavy atom. The Morgan fingerprint density at radius 3 is 2.45 bits per heavy atom. The number of hydrogen-bond donors (Lipinski definition) is 1. The van der Waals surface area contributed by atoms with E-state index in [1.807, 2.05) is 19.1 Å². The SMILES string of the molecule is COc1ccc(-c2ncnc(C)c2N)cc1C(C)(C)C. The second-order valence-electron chi connectivity index (χ2n) is 5.89. The Kier molecular flexibility index (Phi) is 3.66. The molecule has 0 spiro atoms. The van der Waals surface area contributed by atoms with Crippen LogP contribution in [0, 0.1) is 6.92 Å². The molecule has 1 aromatic carbocycles. The molecule has 0 saturated heterocycles. The average molecular weight is 271 g/mol. The molecule has 0 atom stereocenters. The first kappa shape index (κ1) is 14.3. The van der Waals surface area contributed by atoms with Crippen LogP contribution in [0.4, 0.5) is 5.69 Å². The van der Waals surface area contributed by atoms with Gasteiger partial charge in [-0.3, -0.25) is 0 Å². The lowest BCUT2D eigenvalue weighted by Gasteiger charge is -2.23. The van der Waals surface area contributed by atoms with Gasteiger partial charge in [-0.15, -0.1) is 0 Å². The first-order chi connectivity index (χ1) is 9.34. The summed E-state index contributed by atoms with van der Waals surface area (Å²) in [6.07, 6.45) is 1.54. The number of nitrogen functional groups attached to an aromatic ring is 1.